The standard InChI is InChI=1S/C15H23N/c1-10-5-6-11(2)15(9-10)13(4)16-12(3)14-7-8-14/h5-6,9,12-14,16H,7-8H2,1-4H3. The molecule has 1 saturated carbocycles. The summed E-state index contributed by atoms with van der Waals surface area (Å²) in [5, 5.41) is 3.73. The van der Waals surface area contributed by atoms with E-state index < -0.39 is 0 Å². The lowest BCUT2D eigenvalue weighted by Crippen LogP contribution is -2.30. The maximum atomic E-state index is 3.73. The van der Waals surface area contributed by atoms with Crippen molar-refractivity contribution < 1.29 is 0 Å². The van der Waals surface area contributed by atoms with E-state index in [4.69, 9.17) is 0 Å². The third-order valence-electron chi connectivity index (χ3n) is 3.74. The van der Waals surface area contributed by atoms with Crippen LogP contribution in [0.25, 0.3) is 0 Å². The third-order valence-corrected chi connectivity index (χ3v) is 3.74. The second-order valence-electron chi connectivity index (χ2n) is 5.37. The first-order valence-electron chi connectivity index (χ1n) is 6.41. The Balaban J connectivity index is 2.06. The van der Waals surface area contributed by atoms with Gasteiger partial charge in [0.05, 0.1) is 0 Å². The van der Waals surface area contributed by atoms with Gasteiger partial charge in [-0.25, -0.2) is 0 Å². The number of hydrogen-bond donors (Lipinski definition) is 1. The van der Waals surface area contributed by atoms with Crippen LogP contribution in [0, 0.1) is 19.8 Å². The van der Waals surface area contributed by atoms with Crippen molar-refractivity contribution in [2.75, 3.05) is 0 Å². The van der Waals surface area contributed by atoms with Crippen LogP contribution in [0.2, 0.25) is 0 Å². The van der Waals surface area contributed by atoms with E-state index in [9.17, 15) is 0 Å². The van der Waals surface area contributed by atoms with Crippen molar-refractivity contribution in [1.82, 2.24) is 5.32 Å². The van der Waals surface area contributed by atoms with Gasteiger partial charge in [0.15, 0.2) is 0 Å². The van der Waals surface area contributed by atoms with Crippen molar-refractivity contribution in [3.63, 3.8) is 0 Å². The van der Waals surface area contributed by atoms with Crippen LogP contribution >= 0.6 is 0 Å². The fourth-order valence-electron chi connectivity index (χ4n) is 2.44. The maximum Gasteiger partial charge on any atom is 0.0297 e. The van der Waals surface area contributed by atoms with Crippen LogP contribution in [-0.4, -0.2) is 6.04 Å². The molecular formula is C15H23N. The fourth-order valence-corrected chi connectivity index (χ4v) is 2.44. The summed E-state index contributed by atoms with van der Waals surface area (Å²) >= 11 is 0. The van der Waals surface area contributed by atoms with E-state index in [2.05, 4.69) is 51.2 Å². The van der Waals surface area contributed by atoms with Crippen molar-refractivity contribution >= 4 is 0 Å². The molecule has 1 aromatic carbocycles. The molecule has 2 atom stereocenters. The number of hydrogen-bond acceptors (Lipinski definition) is 1. The average Bonchev–Trinajstić information content (AvgIpc) is 3.04. The van der Waals surface area contributed by atoms with Crippen molar-refractivity contribution in [2.24, 2.45) is 5.92 Å². The summed E-state index contributed by atoms with van der Waals surface area (Å²) in [6, 6.07) is 7.86. The summed E-state index contributed by atoms with van der Waals surface area (Å²) in [4.78, 5) is 0. The van der Waals surface area contributed by atoms with Crippen LogP contribution in [0.1, 0.15) is 49.4 Å². The van der Waals surface area contributed by atoms with Crippen LogP contribution < -0.4 is 5.32 Å². The largest absolute Gasteiger partial charge is 0.307 e. The van der Waals surface area contributed by atoms with E-state index in [1.165, 1.54) is 29.5 Å². The smallest absolute Gasteiger partial charge is 0.0297 e. The number of aryl methyl sites for hydroxylation is 2. The SMILES string of the molecule is Cc1ccc(C)c(C(C)NC(C)C2CC2)c1. The Bertz CT molecular complexity index is 366. The normalized spacial score (nSPS) is 19.5. The molecule has 0 bridgehead atoms. The third kappa shape index (κ3) is 2.65. The molecule has 0 amide bonds. The van der Waals surface area contributed by atoms with Gasteiger partial charge in [-0.1, -0.05) is 23.8 Å². The van der Waals surface area contributed by atoms with Gasteiger partial charge in [0.1, 0.15) is 0 Å². The van der Waals surface area contributed by atoms with Crippen molar-refractivity contribution in [2.45, 2.75) is 52.6 Å². The molecule has 1 aromatic rings. The van der Waals surface area contributed by atoms with E-state index in [0.29, 0.717) is 12.1 Å². The molecule has 16 heavy (non-hydrogen) atoms. The van der Waals surface area contributed by atoms with Gasteiger partial charge in [0, 0.05) is 12.1 Å². The molecule has 1 heteroatoms. The summed E-state index contributed by atoms with van der Waals surface area (Å²) in [5.74, 6) is 0.924. The van der Waals surface area contributed by atoms with Gasteiger partial charge in [0.25, 0.3) is 0 Å². The maximum absolute atomic E-state index is 3.73. The molecule has 1 N–H and O–H groups in total. The van der Waals surface area contributed by atoms with E-state index in [1.807, 2.05) is 0 Å². The monoisotopic (exact) mass is 217 g/mol. The highest BCUT2D eigenvalue weighted by Crippen LogP contribution is 2.33. The Hall–Kier alpha value is -0.820. The van der Waals surface area contributed by atoms with Gasteiger partial charge in [-0.05, 0) is 57.6 Å². The highest BCUT2D eigenvalue weighted by Gasteiger charge is 2.28. The zero-order valence-corrected chi connectivity index (χ0v) is 10.9. The molecular weight excluding hydrogens is 194 g/mol. The minimum absolute atomic E-state index is 0.468. The van der Waals surface area contributed by atoms with E-state index >= 15 is 0 Å². The summed E-state index contributed by atoms with van der Waals surface area (Å²) in [7, 11) is 0. The summed E-state index contributed by atoms with van der Waals surface area (Å²) < 4.78 is 0. The summed E-state index contributed by atoms with van der Waals surface area (Å²) in [5.41, 5.74) is 4.20. The Morgan fingerprint density at radius 1 is 1.19 bits per heavy atom. The highest BCUT2D eigenvalue weighted by atomic mass is 15.0. The zero-order chi connectivity index (χ0) is 11.7. The van der Waals surface area contributed by atoms with Crippen LogP contribution in [-0.2, 0) is 0 Å². The molecule has 1 aliphatic rings. The van der Waals surface area contributed by atoms with Gasteiger partial charge in [0.2, 0.25) is 0 Å². The fraction of sp³-hybridized carbons (Fsp3) is 0.600. The van der Waals surface area contributed by atoms with Crippen molar-refractivity contribution in [3.05, 3.63) is 34.9 Å². The number of benzene rings is 1. The molecule has 0 aliphatic heterocycles. The van der Waals surface area contributed by atoms with Gasteiger partial charge < -0.3 is 5.32 Å². The average molecular weight is 217 g/mol. The van der Waals surface area contributed by atoms with Crippen LogP contribution in [0.4, 0.5) is 0 Å². The first kappa shape index (κ1) is 11.7. The predicted molar refractivity (Wildman–Crippen MR) is 69.7 cm³/mol. The quantitative estimate of drug-likeness (QED) is 0.810. The topological polar surface area (TPSA) is 12.0 Å². The lowest BCUT2D eigenvalue weighted by atomic mass is 9.99. The van der Waals surface area contributed by atoms with Crippen LogP contribution in [0.5, 0.6) is 0 Å². The molecule has 0 spiro atoms. The molecule has 2 rings (SSSR count). The Labute approximate surface area is 99.3 Å². The van der Waals surface area contributed by atoms with E-state index in [0.717, 1.165) is 5.92 Å². The molecule has 1 fully saturated rings. The van der Waals surface area contributed by atoms with E-state index in [-0.39, 0.29) is 0 Å². The lowest BCUT2D eigenvalue weighted by Gasteiger charge is -2.22. The molecule has 0 heterocycles. The first-order valence-corrected chi connectivity index (χ1v) is 6.41. The second-order valence-corrected chi connectivity index (χ2v) is 5.37. The Kier molecular flexibility index (Phi) is 3.34. The lowest BCUT2D eigenvalue weighted by molar-refractivity contribution is 0.440. The Morgan fingerprint density at radius 2 is 1.88 bits per heavy atom. The summed E-state index contributed by atoms with van der Waals surface area (Å²) in [6.07, 6.45) is 2.82. The van der Waals surface area contributed by atoms with Gasteiger partial charge in [-0.2, -0.15) is 0 Å². The molecule has 1 aliphatic carbocycles. The van der Waals surface area contributed by atoms with Crippen molar-refractivity contribution in [1.29, 1.82) is 0 Å². The molecule has 0 radical (unpaired) electrons. The number of nitrogens with one attached hydrogen (secondary N) is 1. The Morgan fingerprint density at radius 3 is 2.50 bits per heavy atom. The minimum Gasteiger partial charge on any atom is -0.307 e. The molecule has 0 aromatic heterocycles. The predicted octanol–water partition coefficient (Wildman–Crippen LogP) is 3.75. The van der Waals surface area contributed by atoms with Gasteiger partial charge in [-0.3, -0.25) is 0 Å². The summed E-state index contributed by atoms with van der Waals surface area (Å²) in [6.45, 7) is 8.97. The highest BCUT2D eigenvalue weighted by molar-refractivity contribution is 5.32. The molecule has 2 unspecified atom stereocenters. The molecule has 88 valence electrons. The minimum atomic E-state index is 0.468. The van der Waals surface area contributed by atoms with Crippen molar-refractivity contribution in [3.8, 4) is 0 Å². The van der Waals surface area contributed by atoms with Crippen LogP contribution in [0.15, 0.2) is 18.2 Å². The number of rotatable bonds is 4. The van der Waals surface area contributed by atoms with Gasteiger partial charge in [-0.15, -0.1) is 0 Å². The zero-order valence-electron chi connectivity index (χ0n) is 10.9. The van der Waals surface area contributed by atoms with Gasteiger partial charge >= 0.3 is 0 Å². The first-order chi connectivity index (χ1) is 7.58. The molecule has 1 nitrogen and oxygen atoms in total. The van der Waals surface area contributed by atoms with Crippen LogP contribution in [0.3, 0.4) is 0 Å². The second kappa shape index (κ2) is 4.58. The van der Waals surface area contributed by atoms with E-state index in [1.54, 1.807) is 0 Å². The molecule has 0 saturated heterocycles.